The van der Waals surface area contributed by atoms with E-state index in [-0.39, 0.29) is 18.1 Å². The number of benzene rings is 2. The first-order chi connectivity index (χ1) is 13.8. The van der Waals surface area contributed by atoms with Crippen molar-refractivity contribution in [1.29, 1.82) is 0 Å². The van der Waals surface area contributed by atoms with Crippen molar-refractivity contribution in [2.45, 2.75) is 12.8 Å². The molecule has 2 aromatic carbocycles. The maximum atomic E-state index is 12.6. The fraction of sp³-hybridized carbons (Fsp3) is 0.100. The molecule has 0 atom stereocenters. The number of carbonyl (C=O) groups is 1. The molecule has 150 valence electrons. The lowest BCUT2D eigenvalue weighted by Crippen LogP contribution is -2.20. The van der Waals surface area contributed by atoms with Gasteiger partial charge in [0.05, 0.1) is 5.56 Å². The van der Waals surface area contributed by atoms with Crippen molar-refractivity contribution in [3.63, 3.8) is 0 Å². The standard InChI is InChI=1S/C20H15ClF3N3O2/c21-16-5-2-1-4-13(16)12-29-17-6-3-11-25-18(17)27-19(28)26-15-9-7-14(8-10-15)20(22,23)24/h1-11H,12H2,(H2,25,26,27,28). The Morgan fingerprint density at radius 1 is 1.00 bits per heavy atom. The summed E-state index contributed by atoms with van der Waals surface area (Å²) in [5.41, 5.74) is 0.159. The van der Waals surface area contributed by atoms with Crippen molar-refractivity contribution in [2.24, 2.45) is 0 Å². The van der Waals surface area contributed by atoms with E-state index in [1.165, 1.54) is 6.20 Å². The number of carbonyl (C=O) groups excluding carboxylic acids is 1. The highest BCUT2D eigenvalue weighted by molar-refractivity contribution is 6.31. The van der Waals surface area contributed by atoms with Gasteiger partial charge in [-0.2, -0.15) is 13.2 Å². The average Bonchev–Trinajstić information content (AvgIpc) is 2.68. The van der Waals surface area contributed by atoms with Gasteiger partial charge >= 0.3 is 12.2 Å². The summed E-state index contributed by atoms with van der Waals surface area (Å²) < 4.78 is 43.5. The van der Waals surface area contributed by atoms with Gasteiger partial charge in [-0.15, -0.1) is 0 Å². The molecule has 0 saturated carbocycles. The molecular weight excluding hydrogens is 407 g/mol. The van der Waals surface area contributed by atoms with E-state index in [1.54, 1.807) is 24.3 Å². The summed E-state index contributed by atoms with van der Waals surface area (Å²) in [7, 11) is 0. The van der Waals surface area contributed by atoms with Gasteiger partial charge < -0.3 is 10.1 Å². The number of urea groups is 1. The Morgan fingerprint density at radius 2 is 1.72 bits per heavy atom. The lowest BCUT2D eigenvalue weighted by Gasteiger charge is -2.13. The van der Waals surface area contributed by atoms with Crippen molar-refractivity contribution in [3.05, 3.63) is 83.0 Å². The van der Waals surface area contributed by atoms with Crippen LogP contribution >= 0.6 is 11.6 Å². The van der Waals surface area contributed by atoms with Crippen LogP contribution in [0.1, 0.15) is 11.1 Å². The highest BCUT2D eigenvalue weighted by atomic mass is 35.5. The number of halogens is 4. The molecule has 3 rings (SSSR count). The molecule has 2 N–H and O–H groups in total. The third kappa shape index (κ3) is 5.61. The number of aromatic nitrogens is 1. The third-order valence-electron chi connectivity index (χ3n) is 3.81. The number of amides is 2. The van der Waals surface area contributed by atoms with Crippen LogP contribution in [0.25, 0.3) is 0 Å². The summed E-state index contributed by atoms with van der Waals surface area (Å²) in [6, 6.07) is 13.8. The molecule has 1 heterocycles. The Labute approximate surface area is 169 Å². The molecular formula is C20H15ClF3N3O2. The topological polar surface area (TPSA) is 63.2 Å². The molecule has 0 fully saturated rings. The predicted octanol–water partition coefficient (Wildman–Crippen LogP) is 5.98. The number of hydrogen-bond acceptors (Lipinski definition) is 3. The van der Waals surface area contributed by atoms with Crippen molar-refractivity contribution < 1.29 is 22.7 Å². The maximum Gasteiger partial charge on any atom is 0.416 e. The maximum absolute atomic E-state index is 12.6. The normalized spacial score (nSPS) is 11.0. The molecule has 5 nitrogen and oxygen atoms in total. The third-order valence-corrected chi connectivity index (χ3v) is 4.18. The Morgan fingerprint density at radius 3 is 2.41 bits per heavy atom. The van der Waals surface area contributed by atoms with E-state index in [2.05, 4.69) is 15.6 Å². The van der Waals surface area contributed by atoms with Crippen molar-refractivity contribution in [1.82, 2.24) is 4.98 Å². The Balaban J connectivity index is 1.64. The quantitative estimate of drug-likeness (QED) is 0.533. The molecule has 0 unspecified atom stereocenters. The first-order valence-corrected chi connectivity index (χ1v) is 8.77. The molecule has 9 heteroatoms. The first kappa shape index (κ1) is 20.5. The number of alkyl halides is 3. The first-order valence-electron chi connectivity index (χ1n) is 8.39. The molecule has 0 aliphatic carbocycles. The van der Waals surface area contributed by atoms with Crippen LogP contribution in [0, 0.1) is 0 Å². The van der Waals surface area contributed by atoms with Gasteiger partial charge in [-0.1, -0.05) is 29.8 Å². The van der Waals surface area contributed by atoms with Gasteiger partial charge in [-0.3, -0.25) is 5.32 Å². The highest BCUT2D eigenvalue weighted by Crippen LogP contribution is 2.30. The van der Waals surface area contributed by atoms with Crippen LogP contribution in [0.2, 0.25) is 5.02 Å². The molecule has 0 saturated heterocycles. The minimum Gasteiger partial charge on any atom is -0.485 e. The van der Waals surface area contributed by atoms with Crippen molar-refractivity contribution in [3.8, 4) is 5.75 Å². The van der Waals surface area contributed by atoms with E-state index in [1.807, 2.05) is 12.1 Å². The molecule has 0 spiro atoms. The highest BCUT2D eigenvalue weighted by Gasteiger charge is 2.30. The van der Waals surface area contributed by atoms with E-state index in [0.717, 1.165) is 29.8 Å². The summed E-state index contributed by atoms with van der Waals surface area (Å²) in [6.45, 7) is 0.167. The number of ether oxygens (including phenoxy) is 1. The van der Waals surface area contributed by atoms with Crippen LogP contribution in [0.15, 0.2) is 66.9 Å². The zero-order chi connectivity index (χ0) is 20.9. The molecule has 29 heavy (non-hydrogen) atoms. The Bertz CT molecular complexity index is 995. The number of nitrogens with one attached hydrogen (secondary N) is 2. The molecule has 0 radical (unpaired) electrons. The van der Waals surface area contributed by atoms with Gasteiger partial charge in [0.25, 0.3) is 0 Å². The zero-order valence-corrected chi connectivity index (χ0v) is 15.6. The summed E-state index contributed by atoms with van der Waals surface area (Å²) in [5.74, 6) is 0.471. The summed E-state index contributed by atoms with van der Waals surface area (Å²) >= 11 is 6.10. The van der Waals surface area contributed by atoms with Gasteiger partial charge in [0.15, 0.2) is 11.6 Å². The van der Waals surface area contributed by atoms with Crippen molar-refractivity contribution >= 4 is 29.1 Å². The van der Waals surface area contributed by atoms with Gasteiger partial charge in [0.1, 0.15) is 6.61 Å². The second kappa shape index (κ2) is 8.83. The van der Waals surface area contributed by atoms with Crippen LogP contribution in [0.4, 0.5) is 29.5 Å². The fourth-order valence-electron chi connectivity index (χ4n) is 2.38. The fourth-order valence-corrected chi connectivity index (χ4v) is 2.57. The van der Waals surface area contributed by atoms with E-state index < -0.39 is 17.8 Å². The van der Waals surface area contributed by atoms with Crippen LogP contribution in [-0.2, 0) is 12.8 Å². The van der Waals surface area contributed by atoms with Crippen molar-refractivity contribution in [2.75, 3.05) is 10.6 Å². The van der Waals surface area contributed by atoms with Crippen LogP contribution < -0.4 is 15.4 Å². The Kier molecular flexibility index (Phi) is 6.23. The molecule has 0 bridgehead atoms. The molecule has 0 aliphatic heterocycles. The second-order valence-electron chi connectivity index (χ2n) is 5.88. The number of hydrogen-bond donors (Lipinski definition) is 2. The largest absolute Gasteiger partial charge is 0.485 e. The molecule has 0 aliphatic rings. The zero-order valence-electron chi connectivity index (χ0n) is 14.8. The van der Waals surface area contributed by atoms with E-state index >= 15 is 0 Å². The number of nitrogens with zero attached hydrogens (tertiary/aromatic N) is 1. The van der Waals surface area contributed by atoms with Crippen LogP contribution in [0.5, 0.6) is 5.75 Å². The van der Waals surface area contributed by atoms with E-state index in [9.17, 15) is 18.0 Å². The minimum absolute atomic E-state index is 0.156. The number of pyridine rings is 1. The predicted molar refractivity (Wildman–Crippen MR) is 104 cm³/mol. The second-order valence-corrected chi connectivity index (χ2v) is 6.29. The lowest BCUT2D eigenvalue weighted by atomic mass is 10.2. The SMILES string of the molecule is O=C(Nc1ccc(C(F)(F)F)cc1)Nc1ncccc1OCc1ccccc1Cl. The van der Waals surface area contributed by atoms with E-state index in [0.29, 0.717) is 10.8 Å². The smallest absolute Gasteiger partial charge is 0.416 e. The summed E-state index contributed by atoms with van der Waals surface area (Å²) in [4.78, 5) is 16.2. The summed E-state index contributed by atoms with van der Waals surface area (Å²) in [6.07, 6.45) is -2.97. The molecule has 2 amide bonds. The van der Waals surface area contributed by atoms with Gasteiger partial charge in [0, 0.05) is 22.5 Å². The number of rotatable bonds is 5. The monoisotopic (exact) mass is 421 g/mol. The van der Waals surface area contributed by atoms with Crippen LogP contribution in [-0.4, -0.2) is 11.0 Å². The summed E-state index contributed by atoms with van der Waals surface area (Å²) in [5, 5.41) is 5.51. The van der Waals surface area contributed by atoms with Crippen LogP contribution in [0.3, 0.4) is 0 Å². The van der Waals surface area contributed by atoms with Gasteiger partial charge in [-0.25, -0.2) is 9.78 Å². The van der Waals surface area contributed by atoms with E-state index in [4.69, 9.17) is 16.3 Å². The molecule has 3 aromatic rings. The lowest BCUT2D eigenvalue weighted by molar-refractivity contribution is -0.137. The Hall–Kier alpha value is -3.26. The minimum atomic E-state index is -4.44. The van der Waals surface area contributed by atoms with Gasteiger partial charge in [0.2, 0.25) is 0 Å². The van der Waals surface area contributed by atoms with Gasteiger partial charge in [-0.05, 0) is 42.5 Å². The number of anilines is 2. The average molecular weight is 422 g/mol. The molecule has 1 aromatic heterocycles.